The van der Waals surface area contributed by atoms with Gasteiger partial charge >= 0.3 is 0 Å². The van der Waals surface area contributed by atoms with Gasteiger partial charge in [0.2, 0.25) is 0 Å². The van der Waals surface area contributed by atoms with Gasteiger partial charge in [0, 0.05) is 5.41 Å². The van der Waals surface area contributed by atoms with E-state index in [1.807, 2.05) is 24.3 Å². The van der Waals surface area contributed by atoms with E-state index in [9.17, 15) is 10.2 Å². The van der Waals surface area contributed by atoms with Gasteiger partial charge in [-0.3, -0.25) is 0 Å². The molecule has 3 rings (SSSR count). The molecule has 0 spiro atoms. The Morgan fingerprint density at radius 2 is 0.640 bits per heavy atom. The number of hydrogen-bond acceptors (Lipinski definition) is 4. The van der Waals surface area contributed by atoms with E-state index in [0.717, 1.165) is 11.1 Å². The molecule has 0 amide bonds. The Bertz CT molecular complexity index is 720. The molecule has 3 aromatic rings. The fraction of sp³-hybridized carbons (Fsp3) is 0.143. The van der Waals surface area contributed by atoms with Crippen molar-refractivity contribution in [1.29, 1.82) is 0 Å². The summed E-state index contributed by atoms with van der Waals surface area (Å²) in [5.74, 6) is 0.885. The summed E-state index contributed by atoms with van der Waals surface area (Å²) in [5, 5.41) is 35.9. The van der Waals surface area contributed by atoms with Crippen LogP contribution in [0.1, 0.15) is 25.0 Å². The third kappa shape index (κ3) is 4.91. The van der Waals surface area contributed by atoms with Crippen molar-refractivity contribution in [2.75, 3.05) is 0 Å². The largest absolute Gasteiger partial charge is 0.508 e. The van der Waals surface area contributed by atoms with Gasteiger partial charge in [-0.05, 0) is 59.7 Å². The summed E-state index contributed by atoms with van der Waals surface area (Å²) < 4.78 is 0. The van der Waals surface area contributed by atoms with Crippen LogP contribution in [0, 0.1) is 0 Å². The average molecular weight is 338 g/mol. The number of benzene rings is 3. The summed E-state index contributed by atoms with van der Waals surface area (Å²) in [6.45, 7) is 4.23. The molecule has 0 saturated heterocycles. The maximum atomic E-state index is 9.30. The zero-order chi connectivity index (χ0) is 18.4. The maximum absolute atomic E-state index is 9.30. The van der Waals surface area contributed by atoms with E-state index in [-0.39, 0.29) is 28.4 Å². The number of phenolic OH excluding ortho intramolecular Hbond substituents is 4. The highest BCUT2D eigenvalue weighted by molar-refractivity contribution is 5.41. The Kier molecular flexibility index (Phi) is 5.55. The minimum absolute atomic E-state index is 0.151. The van der Waals surface area contributed by atoms with E-state index in [1.165, 1.54) is 24.3 Å². The molecule has 0 atom stereocenters. The molecule has 4 nitrogen and oxygen atoms in total. The maximum Gasteiger partial charge on any atom is 0.115 e. The molecular weight excluding hydrogens is 316 g/mol. The van der Waals surface area contributed by atoms with Gasteiger partial charge in [-0.2, -0.15) is 0 Å². The monoisotopic (exact) mass is 338 g/mol. The lowest BCUT2D eigenvalue weighted by Crippen LogP contribution is -2.18. The Morgan fingerprint density at radius 1 is 0.440 bits per heavy atom. The molecule has 0 bridgehead atoms. The number of aromatic hydroxyl groups is 4. The molecule has 0 fully saturated rings. The Balaban J connectivity index is 0.000000236. The minimum atomic E-state index is -0.151. The molecule has 0 aliphatic carbocycles. The van der Waals surface area contributed by atoms with E-state index < -0.39 is 0 Å². The predicted molar refractivity (Wildman–Crippen MR) is 98.1 cm³/mol. The topological polar surface area (TPSA) is 80.9 Å². The first kappa shape index (κ1) is 18.2. The van der Waals surface area contributed by atoms with Crippen LogP contribution in [-0.2, 0) is 5.41 Å². The van der Waals surface area contributed by atoms with Crippen LogP contribution in [0.5, 0.6) is 23.0 Å². The summed E-state index contributed by atoms with van der Waals surface area (Å²) in [4.78, 5) is 0. The summed E-state index contributed by atoms with van der Waals surface area (Å²) in [6.07, 6.45) is 0. The third-order valence-electron chi connectivity index (χ3n) is 4.03. The molecule has 3 aromatic carbocycles. The lowest BCUT2D eigenvalue weighted by Gasteiger charge is -2.26. The van der Waals surface area contributed by atoms with Gasteiger partial charge in [-0.15, -0.1) is 0 Å². The lowest BCUT2D eigenvalue weighted by molar-refractivity contribution is 0.460. The SMILES string of the molecule is CC(C)(c1ccc(O)cc1)c1ccc(O)cc1.Oc1ccc(O)cc1. The summed E-state index contributed by atoms with van der Waals surface area (Å²) in [6, 6.07) is 20.1. The molecule has 25 heavy (non-hydrogen) atoms. The first-order valence-electron chi connectivity index (χ1n) is 7.86. The molecule has 0 unspecified atom stereocenters. The quantitative estimate of drug-likeness (QED) is 0.518. The van der Waals surface area contributed by atoms with E-state index in [1.54, 1.807) is 24.3 Å². The standard InChI is InChI=1S/C15H16O2.C6H6O2/c1-15(2,11-3-7-13(16)8-4-11)12-5-9-14(17)10-6-12;7-5-1-2-6(8)4-3-5/h3-10,16-17H,1-2H3;1-4,7-8H. The summed E-state index contributed by atoms with van der Waals surface area (Å²) >= 11 is 0. The molecule has 130 valence electrons. The van der Waals surface area contributed by atoms with Gasteiger partial charge in [0.05, 0.1) is 0 Å². The smallest absolute Gasteiger partial charge is 0.115 e. The van der Waals surface area contributed by atoms with Gasteiger partial charge in [-0.1, -0.05) is 38.1 Å². The van der Waals surface area contributed by atoms with E-state index in [0.29, 0.717) is 0 Å². The highest BCUT2D eigenvalue weighted by Crippen LogP contribution is 2.32. The van der Waals surface area contributed by atoms with Crippen molar-refractivity contribution in [3.63, 3.8) is 0 Å². The molecule has 4 N–H and O–H groups in total. The van der Waals surface area contributed by atoms with Crippen LogP contribution in [0.2, 0.25) is 0 Å². The van der Waals surface area contributed by atoms with E-state index in [4.69, 9.17) is 10.2 Å². The second-order valence-corrected chi connectivity index (χ2v) is 6.24. The fourth-order valence-electron chi connectivity index (χ4n) is 2.38. The van der Waals surface area contributed by atoms with E-state index in [2.05, 4.69) is 13.8 Å². The number of hydrogen-bond donors (Lipinski definition) is 4. The first-order valence-corrected chi connectivity index (χ1v) is 7.86. The Hall–Kier alpha value is -3.14. The van der Waals surface area contributed by atoms with Crippen molar-refractivity contribution in [2.24, 2.45) is 0 Å². The second kappa shape index (κ2) is 7.62. The van der Waals surface area contributed by atoms with Crippen molar-refractivity contribution in [3.8, 4) is 23.0 Å². The zero-order valence-electron chi connectivity index (χ0n) is 14.2. The van der Waals surface area contributed by atoms with Crippen LogP contribution < -0.4 is 0 Å². The van der Waals surface area contributed by atoms with Gasteiger partial charge < -0.3 is 20.4 Å². The van der Waals surface area contributed by atoms with Gasteiger partial charge in [0.1, 0.15) is 23.0 Å². The van der Waals surface area contributed by atoms with Crippen molar-refractivity contribution in [1.82, 2.24) is 0 Å². The van der Waals surface area contributed by atoms with Crippen LogP contribution >= 0.6 is 0 Å². The van der Waals surface area contributed by atoms with Crippen molar-refractivity contribution >= 4 is 0 Å². The van der Waals surface area contributed by atoms with Crippen LogP contribution in [0.3, 0.4) is 0 Å². The number of phenols is 4. The van der Waals surface area contributed by atoms with Crippen LogP contribution in [0.4, 0.5) is 0 Å². The van der Waals surface area contributed by atoms with Crippen molar-refractivity contribution in [2.45, 2.75) is 19.3 Å². The minimum Gasteiger partial charge on any atom is -0.508 e. The lowest BCUT2D eigenvalue weighted by atomic mass is 9.78. The van der Waals surface area contributed by atoms with E-state index >= 15 is 0 Å². The van der Waals surface area contributed by atoms with Crippen molar-refractivity contribution < 1.29 is 20.4 Å². The molecule has 0 saturated carbocycles. The molecule has 0 aromatic heterocycles. The Morgan fingerprint density at radius 3 is 0.880 bits per heavy atom. The zero-order valence-corrected chi connectivity index (χ0v) is 14.2. The Labute approximate surface area is 147 Å². The van der Waals surface area contributed by atoms with Crippen LogP contribution in [0.25, 0.3) is 0 Å². The molecule has 0 heterocycles. The summed E-state index contributed by atoms with van der Waals surface area (Å²) in [7, 11) is 0. The van der Waals surface area contributed by atoms with Gasteiger partial charge in [0.25, 0.3) is 0 Å². The number of rotatable bonds is 2. The first-order chi connectivity index (χ1) is 11.8. The molecule has 4 heteroatoms. The molecular formula is C21H22O4. The van der Waals surface area contributed by atoms with Gasteiger partial charge in [0.15, 0.2) is 0 Å². The van der Waals surface area contributed by atoms with Crippen LogP contribution in [0.15, 0.2) is 72.8 Å². The average Bonchev–Trinajstić information content (AvgIpc) is 2.59. The third-order valence-corrected chi connectivity index (χ3v) is 4.03. The van der Waals surface area contributed by atoms with Gasteiger partial charge in [-0.25, -0.2) is 0 Å². The highest BCUT2D eigenvalue weighted by Gasteiger charge is 2.22. The van der Waals surface area contributed by atoms with Crippen molar-refractivity contribution in [3.05, 3.63) is 83.9 Å². The molecule has 0 aliphatic heterocycles. The normalized spacial score (nSPS) is 10.6. The molecule has 0 aliphatic rings. The second-order valence-electron chi connectivity index (χ2n) is 6.24. The fourth-order valence-corrected chi connectivity index (χ4v) is 2.38. The predicted octanol–water partition coefficient (Wildman–Crippen LogP) is 4.52. The summed E-state index contributed by atoms with van der Waals surface area (Å²) in [5.41, 5.74) is 2.10. The molecule has 0 radical (unpaired) electrons. The highest BCUT2D eigenvalue weighted by atomic mass is 16.3. The van der Waals surface area contributed by atoms with Crippen LogP contribution in [-0.4, -0.2) is 20.4 Å².